The third-order valence-corrected chi connectivity index (χ3v) is 1.62. The molecule has 4 heteroatoms. The molecule has 0 saturated carbocycles. The summed E-state index contributed by atoms with van der Waals surface area (Å²) in [5, 5.41) is 1.17. The molecule has 0 bridgehead atoms. The Morgan fingerprint density at radius 1 is 1.58 bits per heavy atom. The van der Waals surface area contributed by atoms with Crippen LogP contribution >= 0.6 is 0 Å². The van der Waals surface area contributed by atoms with Crippen LogP contribution in [0.15, 0.2) is 12.1 Å². The summed E-state index contributed by atoms with van der Waals surface area (Å²) < 4.78 is 0. The Kier molecular flexibility index (Phi) is 2.50. The van der Waals surface area contributed by atoms with E-state index in [0.29, 0.717) is 5.69 Å². The number of aryl methyl sites for hydroxylation is 1. The number of hydrogen-bond acceptors (Lipinski definition) is 2. The molecule has 0 aromatic carbocycles. The van der Waals surface area contributed by atoms with Gasteiger partial charge in [0.05, 0.1) is 7.11 Å². The van der Waals surface area contributed by atoms with Gasteiger partial charge in [0.15, 0.2) is 0 Å². The molecular weight excluding hydrogens is 156 g/mol. The molecule has 1 rings (SSSR count). The second-order valence-electron chi connectivity index (χ2n) is 2.54. The summed E-state index contributed by atoms with van der Waals surface area (Å²) in [7, 11) is 3.02. The topological polar surface area (TPSA) is 45.3 Å². The van der Waals surface area contributed by atoms with Crippen LogP contribution in [0.2, 0.25) is 0 Å². The van der Waals surface area contributed by atoms with Gasteiger partial charge in [0.1, 0.15) is 5.69 Å². The maximum absolute atomic E-state index is 11.4. The van der Waals surface area contributed by atoms with Gasteiger partial charge in [-0.25, -0.2) is 5.06 Å². The van der Waals surface area contributed by atoms with Crippen LogP contribution in [0.3, 0.4) is 0 Å². The van der Waals surface area contributed by atoms with E-state index >= 15 is 0 Å². The minimum Gasteiger partial charge on any atom is -0.355 e. The summed E-state index contributed by atoms with van der Waals surface area (Å²) in [6, 6.07) is 3.57. The summed E-state index contributed by atoms with van der Waals surface area (Å²) in [5.74, 6) is -0.175. The molecule has 0 unspecified atom stereocenters. The van der Waals surface area contributed by atoms with Gasteiger partial charge in [-0.3, -0.25) is 9.63 Å². The number of nitrogens with one attached hydrogen (secondary N) is 1. The molecule has 0 saturated heterocycles. The summed E-state index contributed by atoms with van der Waals surface area (Å²) in [5.41, 5.74) is 1.50. The van der Waals surface area contributed by atoms with E-state index in [1.807, 2.05) is 13.0 Å². The van der Waals surface area contributed by atoms with Gasteiger partial charge in [0, 0.05) is 12.7 Å². The number of aromatic nitrogens is 1. The number of nitrogens with zero attached hydrogens (tertiary/aromatic N) is 1. The molecule has 0 aliphatic heterocycles. The van der Waals surface area contributed by atoms with E-state index in [0.717, 1.165) is 5.69 Å². The summed E-state index contributed by atoms with van der Waals surface area (Å²) >= 11 is 0. The lowest BCUT2D eigenvalue weighted by Crippen LogP contribution is -2.25. The first-order valence-corrected chi connectivity index (χ1v) is 3.63. The van der Waals surface area contributed by atoms with Crippen LogP contribution in [0.25, 0.3) is 0 Å². The number of rotatable bonds is 2. The van der Waals surface area contributed by atoms with Gasteiger partial charge in [-0.2, -0.15) is 0 Å². The highest BCUT2D eigenvalue weighted by Gasteiger charge is 2.11. The molecule has 1 N–H and O–H groups in total. The maximum Gasteiger partial charge on any atom is 0.293 e. The van der Waals surface area contributed by atoms with Crippen molar-refractivity contribution in [1.82, 2.24) is 10.0 Å². The fourth-order valence-electron chi connectivity index (χ4n) is 0.881. The molecule has 4 nitrogen and oxygen atoms in total. The fraction of sp³-hybridized carbons (Fsp3) is 0.375. The van der Waals surface area contributed by atoms with Gasteiger partial charge in [-0.15, -0.1) is 0 Å². The van der Waals surface area contributed by atoms with Crippen molar-refractivity contribution >= 4 is 5.91 Å². The van der Waals surface area contributed by atoms with Crippen molar-refractivity contribution in [2.45, 2.75) is 6.92 Å². The largest absolute Gasteiger partial charge is 0.355 e. The van der Waals surface area contributed by atoms with Crippen LogP contribution in [0.1, 0.15) is 16.2 Å². The minimum atomic E-state index is -0.175. The number of amides is 1. The molecule has 66 valence electrons. The standard InChI is InChI=1S/C8H12N2O2/c1-6-4-5-7(9-6)8(11)10(2)12-3/h4-5,9H,1-3H3. The second kappa shape index (κ2) is 3.40. The molecule has 0 atom stereocenters. The molecule has 1 amide bonds. The Bertz CT molecular complexity index is 280. The quantitative estimate of drug-likeness (QED) is 0.668. The van der Waals surface area contributed by atoms with E-state index in [2.05, 4.69) is 4.98 Å². The minimum absolute atomic E-state index is 0.175. The molecule has 0 radical (unpaired) electrons. The van der Waals surface area contributed by atoms with Gasteiger partial charge in [0.2, 0.25) is 0 Å². The molecule has 1 aromatic heterocycles. The van der Waals surface area contributed by atoms with Crippen LogP contribution in [0, 0.1) is 6.92 Å². The zero-order chi connectivity index (χ0) is 9.14. The average Bonchev–Trinajstić information content (AvgIpc) is 2.49. The SMILES string of the molecule is CON(C)C(=O)c1ccc(C)[nH]1. The highest BCUT2D eigenvalue weighted by molar-refractivity contribution is 5.91. The van der Waals surface area contributed by atoms with Gasteiger partial charge in [-0.05, 0) is 19.1 Å². The predicted octanol–water partition coefficient (Wildman–Crippen LogP) is 0.957. The van der Waals surface area contributed by atoms with Crippen LogP contribution in [0.5, 0.6) is 0 Å². The third-order valence-electron chi connectivity index (χ3n) is 1.62. The van der Waals surface area contributed by atoms with Crippen molar-refractivity contribution in [1.29, 1.82) is 0 Å². The van der Waals surface area contributed by atoms with Gasteiger partial charge in [-0.1, -0.05) is 0 Å². The molecular formula is C8H12N2O2. The van der Waals surface area contributed by atoms with E-state index in [9.17, 15) is 4.79 Å². The lowest BCUT2D eigenvalue weighted by molar-refractivity contribution is -0.0760. The molecule has 1 aromatic rings. The smallest absolute Gasteiger partial charge is 0.293 e. The maximum atomic E-state index is 11.4. The van der Waals surface area contributed by atoms with Crippen molar-refractivity contribution in [3.8, 4) is 0 Å². The molecule has 0 fully saturated rings. The Morgan fingerprint density at radius 3 is 2.67 bits per heavy atom. The van der Waals surface area contributed by atoms with E-state index in [4.69, 9.17) is 4.84 Å². The number of aromatic amines is 1. The highest BCUT2D eigenvalue weighted by Crippen LogP contribution is 2.03. The Morgan fingerprint density at radius 2 is 2.25 bits per heavy atom. The number of carbonyl (C=O) groups excluding carboxylic acids is 1. The monoisotopic (exact) mass is 168 g/mol. The lowest BCUT2D eigenvalue weighted by atomic mass is 10.4. The molecule has 0 spiro atoms. The normalized spacial score (nSPS) is 9.92. The molecule has 0 aliphatic rings. The van der Waals surface area contributed by atoms with Gasteiger partial charge >= 0.3 is 0 Å². The average molecular weight is 168 g/mol. The van der Waals surface area contributed by atoms with E-state index < -0.39 is 0 Å². The summed E-state index contributed by atoms with van der Waals surface area (Å²) in [6.07, 6.45) is 0. The van der Waals surface area contributed by atoms with Crippen molar-refractivity contribution in [2.75, 3.05) is 14.2 Å². The Balaban J connectivity index is 2.78. The Labute approximate surface area is 71.1 Å². The molecule has 12 heavy (non-hydrogen) atoms. The number of H-pyrrole nitrogens is 1. The van der Waals surface area contributed by atoms with Crippen LogP contribution in [-0.4, -0.2) is 30.1 Å². The van der Waals surface area contributed by atoms with Crippen molar-refractivity contribution in [2.24, 2.45) is 0 Å². The first-order chi connectivity index (χ1) is 5.65. The van der Waals surface area contributed by atoms with Gasteiger partial charge in [0.25, 0.3) is 5.91 Å². The Hall–Kier alpha value is -1.29. The molecule has 0 aliphatic carbocycles. The first kappa shape index (κ1) is 8.80. The van der Waals surface area contributed by atoms with Crippen LogP contribution < -0.4 is 0 Å². The second-order valence-corrected chi connectivity index (χ2v) is 2.54. The third kappa shape index (κ3) is 1.65. The van der Waals surface area contributed by atoms with Crippen molar-refractivity contribution in [3.63, 3.8) is 0 Å². The zero-order valence-corrected chi connectivity index (χ0v) is 7.42. The lowest BCUT2D eigenvalue weighted by Gasteiger charge is -2.11. The van der Waals surface area contributed by atoms with Gasteiger partial charge < -0.3 is 4.98 Å². The number of hydroxylamine groups is 2. The number of hydrogen-bond donors (Lipinski definition) is 1. The van der Waals surface area contributed by atoms with Crippen molar-refractivity contribution < 1.29 is 9.63 Å². The number of carbonyl (C=O) groups is 1. The van der Waals surface area contributed by atoms with Crippen LogP contribution in [-0.2, 0) is 4.84 Å². The molecule has 1 heterocycles. The van der Waals surface area contributed by atoms with E-state index in [1.165, 1.54) is 12.2 Å². The van der Waals surface area contributed by atoms with E-state index in [1.54, 1.807) is 13.1 Å². The first-order valence-electron chi connectivity index (χ1n) is 3.63. The zero-order valence-electron chi connectivity index (χ0n) is 7.42. The summed E-state index contributed by atoms with van der Waals surface area (Å²) in [4.78, 5) is 19.0. The van der Waals surface area contributed by atoms with E-state index in [-0.39, 0.29) is 5.91 Å². The summed E-state index contributed by atoms with van der Waals surface area (Å²) in [6.45, 7) is 1.89. The van der Waals surface area contributed by atoms with Crippen molar-refractivity contribution in [3.05, 3.63) is 23.5 Å². The predicted molar refractivity (Wildman–Crippen MR) is 44.6 cm³/mol. The fourth-order valence-corrected chi connectivity index (χ4v) is 0.881. The highest BCUT2D eigenvalue weighted by atomic mass is 16.7. The van der Waals surface area contributed by atoms with Crippen LogP contribution in [0.4, 0.5) is 0 Å².